The number of rotatable bonds is 4. The molecule has 0 atom stereocenters. The molecule has 0 bridgehead atoms. The highest BCUT2D eigenvalue weighted by Crippen LogP contribution is 2.36. The minimum Gasteiger partial charge on any atom is -0.469 e. The fraction of sp³-hybridized carbons (Fsp3) is 0.381. The molecule has 1 aliphatic rings. The van der Waals surface area contributed by atoms with Crippen molar-refractivity contribution in [2.24, 2.45) is 0 Å². The predicted octanol–water partition coefficient (Wildman–Crippen LogP) is 3.51. The Hall–Kier alpha value is -2.18. The zero-order valence-electron chi connectivity index (χ0n) is 16.3. The Balaban J connectivity index is 1.81. The van der Waals surface area contributed by atoms with E-state index < -0.39 is 18.3 Å². The number of carbonyl (C=O) groups is 1. The van der Waals surface area contributed by atoms with Crippen molar-refractivity contribution >= 4 is 18.6 Å². The van der Waals surface area contributed by atoms with Crippen LogP contribution in [0.15, 0.2) is 42.5 Å². The zero-order valence-corrected chi connectivity index (χ0v) is 16.3. The van der Waals surface area contributed by atoms with E-state index in [4.69, 9.17) is 9.31 Å². The van der Waals surface area contributed by atoms with Gasteiger partial charge < -0.3 is 14.0 Å². The molecule has 0 aromatic heterocycles. The molecule has 0 radical (unpaired) electrons. The van der Waals surface area contributed by atoms with Crippen LogP contribution in [-0.2, 0) is 25.3 Å². The van der Waals surface area contributed by atoms with E-state index in [1.165, 1.54) is 13.2 Å². The summed E-state index contributed by atoms with van der Waals surface area (Å²) in [6.45, 7) is 7.86. The van der Waals surface area contributed by atoms with Crippen LogP contribution in [0.25, 0.3) is 11.1 Å². The fourth-order valence-electron chi connectivity index (χ4n) is 2.93. The van der Waals surface area contributed by atoms with E-state index in [0.29, 0.717) is 11.0 Å². The number of hydrogen-bond acceptors (Lipinski definition) is 4. The van der Waals surface area contributed by atoms with Crippen LogP contribution in [0.4, 0.5) is 4.39 Å². The third-order valence-electron chi connectivity index (χ3n) is 5.36. The van der Waals surface area contributed by atoms with Crippen LogP contribution < -0.4 is 5.46 Å². The van der Waals surface area contributed by atoms with Crippen molar-refractivity contribution in [2.75, 3.05) is 7.11 Å². The van der Waals surface area contributed by atoms with Crippen molar-refractivity contribution < 1.29 is 23.2 Å². The quantitative estimate of drug-likeness (QED) is 0.611. The van der Waals surface area contributed by atoms with E-state index in [0.717, 1.165) is 11.1 Å². The maximum absolute atomic E-state index is 14.8. The third-order valence-corrected chi connectivity index (χ3v) is 5.36. The summed E-state index contributed by atoms with van der Waals surface area (Å²) in [5, 5.41) is 0. The highest BCUT2D eigenvalue weighted by Gasteiger charge is 2.51. The molecule has 3 rings (SSSR count). The van der Waals surface area contributed by atoms with Crippen LogP contribution in [0.5, 0.6) is 0 Å². The van der Waals surface area contributed by atoms with Gasteiger partial charge in [0.2, 0.25) is 0 Å². The average molecular weight is 370 g/mol. The van der Waals surface area contributed by atoms with E-state index >= 15 is 0 Å². The van der Waals surface area contributed by atoms with Crippen molar-refractivity contribution in [1.82, 2.24) is 0 Å². The molecule has 1 saturated heterocycles. The summed E-state index contributed by atoms with van der Waals surface area (Å²) < 4.78 is 31.4. The smallest absolute Gasteiger partial charge is 0.469 e. The topological polar surface area (TPSA) is 44.8 Å². The Morgan fingerprint density at radius 1 is 1.04 bits per heavy atom. The van der Waals surface area contributed by atoms with E-state index in [-0.39, 0.29) is 18.2 Å². The van der Waals surface area contributed by atoms with Gasteiger partial charge in [-0.15, -0.1) is 0 Å². The van der Waals surface area contributed by atoms with Gasteiger partial charge in [-0.25, -0.2) is 4.39 Å². The molecular weight excluding hydrogens is 346 g/mol. The van der Waals surface area contributed by atoms with Gasteiger partial charge in [-0.05, 0) is 50.4 Å². The fourth-order valence-corrected chi connectivity index (χ4v) is 2.93. The maximum atomic E-state index is 14.8. The summed E-state index contributed by atoms with van der Waals surface area (Å²) >= 11 is 0. The molecule has 4 nitrogen and oxygen atoms in total. The first kappa shape index (κ1) is 19.6. The Kier molecular flexibility index (Phi) is 5.15. The molecule has 0 aliphatic carbocycles. The molecule has 1 aliphatic heterocycles. The molecule has 1 heterocycles. The molecule has 27 heavy (non-hydrogen) atoms. The van der Waals surface area contributed by atoms with Gasteiger partial charge in [0.05, 0.1) is 24.7 Å². The molecule has 2 aromatic carbocycles. The number of esters is 1. The molecule has 142 valence electrons. The Bertz CT molecular complexity index is 830. The summed E-state index contributed by atoms with van der Waals surface area (Å²) in [7, 11) is 0.758. The van der Waals surface area contributed by atoms with Crippen LogP contribution in [-0.4, -0.2) is 31.4 Å². The zero-order chi connectivity index (χ0) is 19.8. The van der Waals surface area contributed by atoms with Gasteiger partial charge in [-0.3, -0.25) is 4.79 Å². The van der Waals surface area contributed by atoms with E-state index in [9.17, 15) is 9.18 Å². The minimum atomic E-state index is -0.596. The van der Waals surface area contributed by atoms with Crippen LogP contribution >= 0.6 is 0 Å². The van der Waals surface area contributed by atoms with Crippen molar-refractivity contribution in [1.29, 1.82) is 0 Å². The van der Waals surface area contributed by atoms with Gasteiger partial charge in [0, 0.05) is 5.56 Å². The average Bonchev–Trinajstić information content (AvgIpc) is 2.83. The second-order valence-corrected chi connectivity index (χ2v) is 7.78. The Morgan fingerprint density at radius 3 is 2.15 bits per heavy atom. The first-order valence-corrected chi connectivity index (χ1v) is 8.94. The SMILES string of the molecule is COC(=O)Cc1ccc(-c2ccc(B3OC(C)(C)C(C)(C)O3)cc2F)cc1. The summed E-state index contributed by atoms with van der Waals surface area (Å²) in [6.07, 6.45) is 0.195. The van der Waals surface area contributed by atoms with Crippen LogP contribution in [0.1, 0.15) is 33.3 Å². The molecule has 0 saturated carbocycles. The van der Waals surface area contributed by atoms with Crippen molar-refractivity contribution in [3.8, 4) is 11.1 Å². The second-order valence-electron chi connectivity index (χ2n) is 7.78. The molecular formula is C21H24BFO4. The Labute approximate surface area is 159 Å². The molecule has 1 fully saturated rings. The van der Waals surface area contributed by atoms with Crippen molar-refractivity contribution in [3.63, 3.8) is 0 Å². The third kappa shape index (κ3) is 3.92. The number of ether oxygens (including phenoxy) is 1. The van der Waals surface area contributed by atoms with Gasteiger partial charge in [0.15, 0.2) is 0 Å². The largest absolute Gasteiger partial charge is 0.494 e. The monoisotopic (exact) mass is 370 g/mol. The maximum Gasteiger partial charge on any atom is 0.494 e. The summed E-state index contributed by atoms with van der Waals surface area (Å²) in [4.78, 5) is 11.3. The summed E-state index contributed by atoms with van der Waals surface area (Å²) in [6, 6.07) is 12.2. The molecule has 0 N–H and O–H groups in total. The first-order valence-electron chi connectivity index (χ1n) is 8.94. The highest BCUT2D eigenvalue weighted by atomic mass is 19.1. The minimum absolute atomic E-state index is 0.195. The van der Waals surface area contributed by atoms with Gasteiger partial charge in [-0.1, -0.05) is 36.4 Å². The van der Waals surface area contributed by atoms with Crippen LogP contribution in [0, 0.1) is 5.82 Å². The van der Waals surface area contributed by atoms with E-state index in [2.05, 4.69) is 4.74 Å². The molecule has 2 aromatic rings. The van der Waals surface area contributed by atoms with Gasteiger partial charge in [0.25, 0.3) is 0 Å². The summed E-state index contributed by atoms with van der Waals surface area (Å²) in [5.41, 5.74) is 1.75. The van der Waals surface area contributed by atoms with Crippen LogP contribution in [0.2, 0.25) is 0 Å². The molecule has 0 unspecified atom stereocenters. The number of carbonyl (C=O) groups excluding carboxylic acids is 1. The molecule has 6 heteroatoms. The number of halogens is 1. The molecule has 0 spiro atoms. The first-order chi connectivity index (χ1) is 12.6. The predicted molar refractivity (Wildman–Crippen MR) is 103 cm³/mol. The lowest BCUT2D eigenvalue weighted by molar-refractivity contribution is -0.139. The highest BCUT2D eigenvalue weighted by molar-refractivity contribution is 6.62. The van der Waals surface area contributed by atoms with Crippen molar-refractivity contribution in [3.05, 3.63) is 53.8 Å². The lowest BCUT2D eigenvalue weighted by atomic mass is 9.78. The number of methoxy groups -OCH3 is 1. The number of hydrogen-bond donors (Lipinski definition) is 0. The van der Waals surface area contributed by atoms with Gasteiger partial charge in [0.1, 0.15) is 5.82 Å². The number of benzene rings is 2. The van der Waals surface area contributed by atoms with E-state index in [1.54, 1.807) is 30.3 Å². The lowest BCUT2D eigenvalue weighted by Crippen LogP contribution is -2.41. The standard InChI is InChI=1S/C21H24BFO4/c1-20(2)21(3,4)27-22(26-20)16-10-11-17(18(23)13-16)15-8-6-14(7-9-15)12-19(24)25-5/h6-11,13H,12H2,1-5H3. The van der Waals surface area contributed by atoms with Crippen molar-refractivity contribution in [2.45, 2.75) is 45.3 Å². The second kappa shape index (κ2) is 7.10. The van der Waals surface area contributed by atoms with Crippen LogP contribution in [0.3, 0.4) is 0 Å². The van der Waals surface area contributed by atoms with Gasteiger partial charge >= 0.3 is 13.1 Å². The summed E-state index contributed by atoms with van der Waals surface area (Å²) in [5.74, 6) is -0.649. The normalized spacial score (nSPS) is 17.8. The van der Waals surface area contributed by atoms with Gasteiger partial charge in [-0.2, -0.15) is 0 Å². The molecule has 0 amide bonds. The lowest BCUT2D eigenvalue weighted by Gasteiger charge is -2.32. The Morgan fingerprint density at radius 2 is 1.63 bits per heavy atom. The van der Waals surface area contributed by atoms with E-state index in [1.807, 2.05) is 33.8 Å².